The maximum absolute atomic E-state index is 11.2. The molecule has 0 saturated carbocycles. The summed E-state index contributed by atoms with van der Waals surface area (Å²) < 4.78 is 0. The molecule has 5 heteroatoms. The van der Waals surface area contributed by atoms with Crippen molar-refractivity contribution in [3.05, 3.63) is 23.9 Å². The number of hydrogen-bond acceptors (Lipinski definition) is 4. The third kappa shape index (κ3) is 4.03. The number of primary amides is 1. The minimum absolute atomic E-state index is 0.222. The number of aromatic nitrogens is 1. The van der Waals surface area contributed by atoms with Crippen molar-refractivity contribution in [1.82, 2.24) is 4.98 Å². The third-order valence-electron chi connectivity index (χ3n) is 2.57. The van der Waals surface area contributed by atoms with Gasteiger partial charge < -0.3 is 15.7 Å². The van der Waals surface area contributed by atoms with E-state index in [1.165, 1.54) is 0 Å². The van der Waals surface area contributed by atoms with Crippen LogP contribution >= 0.6 is 0 Å². The molecule has 0 radical (unpaired) electrons. The van der Waals surface area contributed by atoms with Crippen LogP contribution in [0, 0.1) is 0 Å². The normalized spacial score (nSPS) is 10.2. The Labute approximate surface area is 101 Å². The van der Waals surface area contributed by atoms with E-state index in [4.69, 9.17) is 10.8 Å². The molecule has 0 spiro atoms. The number of pyridine rings is 1. The Morgan fingerprint density at radius 1 is 1.47 bits per heavy atom. The van der Waals surface area contributed by atoms with Gasteiger partial charge in [0.25, 0.3) is 5.91 Å². The second kappa shape index (κ2) is 6.85. The maximum Gasteiger partial charge on any atom is 0.252 e. The SMILES string of the molecule is CN(CCCCCO)c1ncccc1C(N)=O. The maximum atomic E-state index is 11.2. The van der Waals surface area contributed by atoms with Crippen molar-refractivity contribution in [3.8, 4) is 0 Å². The molecular weight excluding hydrogens is 218 g/mol. The molecule has 5 nitrogen and oxygen atoms in total. The van der Waals surface area contributed by atoms with Crippen LogP contribution in [0.4, 0.5) is 5.82 Å². The Balaban J connectivity index is 2.62. The van der Waals surface area contributed by atoms with E-state index in [2.05, 4.69) is 4.98 Å². The van der Waals surface area contributed by atoms with Crippen LogP contribution in [0.2, 0.25) is 0 Å². The largest absolute Gasteiger partial charge is 0.396 e. The lowest BCUT2D eigenvalue weighted by atomic mass is 10.2. The van der Waals surface area contributed by atoms with E-state index in [0.717, 1.165) is 25.8 Å². The molecule has 0 aliphatic heterocycles. The average molecular weight is 237 g/mol. The minimum atomic E-state index is -0.463. The van der Waals surface area contributed by atoms with E-state index in [-0.39, 0.29) is 6.61 Å². The van der Waals surface area contributed by atoms with Gasteiger partial charge in [-0.05, 0) is 31.4 Å². The van der Waals surface area contributed by atoms with Gasteiger partial charge in [-0.2, -0.15) is 0 Å². The first-order valence-electron chi connectivity index (χ1n) is 5.73. The van der Waals surface area contributed by atoms with E-state index in [1.54, 1.807) is 18.3 Å². The Morgan fingerprint density at radius 2 is 2.24 bits per heavy atom. The van der Waals surface area contributed by atoms with Gasteiger partial charge in [0, 0.05) is 26.4 Å². The summed E-state index contributed by atoms with van der Waals surface area (Å²) in [6.45, 7) is 1.01. The van der Waals surface area contributed by atoms with Gasteiger partial charge in [0.05, 0.1) is 5.56 Å². The van der Waals surface area contributed by atoms with Crippen LogP contribution in [0.1, 0.15) is 29.6 Å². The fourth-order valence-electron chi connectivity index (χ4n) is 1.64. The zero-order valence-electron chi connectivity index (χ0n) is 10.1. The zero-order chi connectivity index (χ0) is 12.7. The van der Waals surface area contributed by atoms with Gasteiger partial charge in [-0.3, -0.25) is 4.79 Å². The van der Waals surface area contributed by atoms with Crippen LogP contribution < -0.4 is 10.6 Å². The lowest BCUT2D eigenvalue weighted by Crippen LogP contribution is -2.24. The van der Waals surface area contributed by atoms with E-state index < -0.39 is 5.91 Å². The minimum Gasteiger partial charge on any atom is -0.396 e. The molecule has 3 N–H and O–H groups in total. The molecule has 1 amide bonds. The molecule has 0 fully saturated rings. The van der Waals surface area contributed by atoms with E-state index in [0.29, 0.717) is 11.4 Å². The van der Waals surface area contributed by atoms with Crippen LogP contribution in [0.5, 0.6) is 0 Å². The average Bonchev–Trinajstić information content (AvgIpc) is 2.34. The Hall–Kier alpha value is -1.62. The van der Waals surface area contributed by atoms with Crippen LogP contribution in [-0.4, -0.2) is 36.2 Å². The van der Waals surface area contributed by atoms with Crippen LogP contribution in [0.25, 0.3) is 0 Å². The van der Waals surface area contributed by atoms with Gasteiger partial charge >= 0.3 is 0 Å². The van der Waals surface area contributed by atoms with Gasteiger partial charge in [0.2, 0.25) is 0 Å². The molecule has 1 aromatic heterocycles. The molecule has 0 atom stereocenters. The quantitative estimate of drug-likeness (QED) is 0.687. The first-order chi connectivity index (χ1) is 8.16. The number of nitrogens with two attached hydrogens (primary N) is 1. The van der Waals surface area contributed by atoms with E-state index in [9.17, 15) is 4.79 Å². The molecule has 1 heterocycles. The number of nitrogens with zero attached hydrogens (tertiary/aromatic N) is 2. The van der Waals surface area contributed by atoms with Gasteiger partial charge in [-0.1, -0.05) is 0 Å². The van der Waals surface area contributed by atoms with Crippen molar-refractivity contribution in [2.45, 2.75) is 19.3 Å². The van der Waals surface area contributed by atoms with Gasteiger partial charge in [-0.25, -0.2) is 4.98 Å². The zero-order valence-corrected chi connectivity index (χ0v) is 10.1. The van der Waals surface area contributed by atoms with Gasteiger partial charge in [-0.15, -0.1) is 0 Å². The number of hydrogen-bond donors (Lipinski definition) is 2. The molecule has 0 saturated heterocycles. The fourth-order valence-corrected chi connectivity index (χ4v) is 1.64. The summed E-state index contributed by atoms with van der Waals surface area (Å²) in [7, 11) is 1.88. The molecule has 0 aromatic carbocycles. The van der Waals surface area contributed by atoms with Gasteiger partial charge in [0.1, 0.15) is 5.82 Å². The molecule has 17 heavy (non-hydrogen) atoms. The standard InChI is InChI=1S/C12H19N3O2/c1-15(8-3-2-4-9-16)12-10(11(13)17)6-5-7-14-12/h5-7,16H,2-4,8-9H2,1H3,(H2,13,17). The predicted octanol–water partition coefficient (Wildman–Crippen LogP) is 0.779. The third-order valence-corrected chi connectivity index (χ3v) is 2.57. The highest BCUT2D eigenvalue weighted by Crippen LogP contribution is 2.15. The number of aliphatic hydroxyl groups is 1. The first-order valence-corrected chi connectivity index (χ1v) is 5.73. The second-order valence-corrected chi connectivity index (χ2v) is 3.94. The summed E-state index contributed by atoms with van der Waals surface area (Å²) in [4.78, 5) is 17.3. The Morgan fingerprint density at radius 3 is 2.88 bits per heavy atom. The fraction of sp³-hybridized carbons (Fsp3) is 0.500. The van der Waals surface area contributed by atoms with Crippen LogP contribution in [-0.2, 0) is 0 Å². The number of anilines is 1. The summed E-state index contributed by atoms with van der Waals surface area (Å²) in [5.41, 5.74) is 5.73. The molecule has 94 valence electrons. The van der Waals surface area contributed by atoms with Crippen molar-refractivity contribution in [3.63, 3.8) is 0 Å². The summed E-state index contributed by atoms with van der Waals surface area (Å²) in [5.74, 6) is 0.152. The van der Waals surface area contributed by atoms with Crippen molar-refractivity contribution in [2.24, 2.45) is 5.73 Å². The van der Waals surface area contributed by atoms with Crippen molar-refractivity contribution in [2.75, 3.05) is 25.1 Å². The van der Waals surface area contributed by atoms with E-state index in [1.807, 2.05) is 11.9 Å². The van der Waals surface area contributed by atoms with Gasteiger partial charge in [0.15, 0.2) is 0 Å². The molecule has 0 aliphatic carbocycles. The highest BCUT2D eigenvalue weighted by atomic mass is 16.2. The summed E-state index contributed by atoms with van der Waals surface area (Å²) >= 11 is 0. The predicted molar refractivity (Wildman–Crippen MR) is 67.0 cm³/mol. The number of aliphatic hydroxyl groups excluding tert-OH is 1. The molecule has 1 rings (SSSR count). The highest BCUT2D eigenvalue weighted by molar-refractivity contribution is 5.97. The number of unbranched alkanes of at least 4 members (excludes halogenated alkanes) is 2. The number of carbonyl (C=O) groups is 1. The summed E-state index contributed by atoms with van der Waals surface area (Å²) in [5, 5.41) is 8.68. The number of carbonyl (C=O) groups excluding carboxylic acids is 1. The highest BCUT2D eigenvalue weighted by Gasteiger charge is 2.12. The van der Waals surface area contributed by atoms with Crippen molar-refractivity contribution in [1.29, 1.82) is 0 Å². The number of rotatable bonds is 7. The lowest BCUT2D eigenvalue weighted by Gasteiger charge is -2.19. The van der Waals surface area contributed by atoms with Crippen LogP contribution in [0.3, 0.4) is 0 Å². The van der Waals surface area contributed by atoms with Crippen molar-refractivity contribution >= 4 is 11.7 Å². The lowest BCUT2D eigenvalue weighted by molar-refractivity contribution is 0.100. The smallest absolute Gasteiger partial charge is 0.252 e. The summed E-state index contributed by atoms with van der Waals surface area (Å²) in [6.07, 6.45) is 4.36. The molecule has 0 unspecified atom stereocenters. The summed E-state index contributed by atoms with van der Waals surface area (Å²) in [6, 6.07) is 3.37. The molecular formula is C12H19N3O2. The Bertz CT molecular complexity index is 369. The van der Waals surface area contributed by atoms with E-state index >= 15 is 0 Å². The second-order valence-electron chi connectivity index (χ2n) is 3.94. The molecule has 1 aromatic rings. The molecule has 0 aliphatic rings. The monoisotopic (exact) mass is 237 g/mol. The topological polar surface area (TPSA) is 79.4 Å². The molecule has 0 bridgehead atoms. The number of amides is 1. The Kier molecular flexibility index (Phi) is 5.42. The van der Waals surface area contributed by atoms with Crippen LogP contribution in [0.15, 0.2) is 18.3 Å². The first kappa shape index (κ1) is 13.4. The van der Waals surface area contributed by atoms with Crippen molar-refractivity contribution < 1.29 is 9.90 Å².